The van der Waals surface area contributed by atoms with Crippen LogP contribution in [0.4, 0.5) is 0 Å². The number of methoxy groups -OCH3 is 1. The fourth-order valence-corrected chi connectivity index (χ4v) is 2.53. The van der Waals surface area contributed by atoms with Crippen molar-refractivity contribution < 1.29 is 14.3 Å². The lowest BCUT2D eigenvalue weighted by Gasteiger charge is -2.04. The average molecular weight is 370 g/mol. The van der Waals surface area contributed by atoms with E-state index in [9.17, 15) is 9.59 Å². The van der Waals surface area contributed by atoms with Crippen molar-refractivity contribution >= 4 is 23.7 Å². The monoisotopic (exact) mass is 370 g/mol. The highest BCUT2D eigenvalue weighted by Gasteiger charge is 2.16. The molecule has 0 unspecified atom stereocenters. The van der Waals surface area contributed by atoms with Crippen LogP contribution in [0.15, 0.2) is 95.1 Å². The molecule has 138 valence electrons. The third kappa shape index (κ3) is 4.65. The van der Waals surface area contributed by atoms with Gasteiger partial charge in [-0.1, -0.05) is 72.8 Å². The Labute approximate surface area is 163 Å². The van der Waals surface area contributed by atoms with Crippen LogP contribution in [0, 0.1) is 0 Å². The largest absolute Gasteiger partial charge is 0.465 e. The minimum absolute atomic E-state index is 0.204. The van der Waals surface area contributed by atoms with Crippen LogP contribution in [0.25, 0.3) is 0 Å². The molecule has 0 radical (unpaired) electrons. The van der Waals surface area contributed by atoms with Gasteiger partial charge in [-0.15, -0.1) is 5.10 Å². The number of ketones is 1. The van der Waals surface area contributed by atoms with Gasteiger partial charge >= 0.3 is 5.97 Å². The van der Waals surface area contributed by atoms with E-state index in [2.05, 4.69) is 14.9 Å². The van der Waals surface area contributed by atoms with Gasteiger partial charge < -0.3 is 4.74 Å². The Morgan fingerprint density at radius 1 is 0.750 bits per heavy atom. The molecule has 0 aliphatic rings. The first-order valence-corrected chi connectivity index (χ1v) is 8.63. The van der Waals surface area contributed by atoms with E-state index in [-0.39, 0.29) is 11.5 Å². The zero-order chi connectivity index (χ0) is 19.8. The second-order valence-electron chi connectivity index (χ2n) is 5.87. The first kappa shape index (κ1) is 18.9. The lowest BCUT2D eigenvalue weighted by atomic mass is 10.0. The van der Waals surface area contributed by atoms with Crippen molar-refractivity contribution in [3.63, 3.8) is 0 Å². The second kappa shape index (κ2) is 9.19. The molecule has 0 amide bonds. The Hall–Kier alpha value is -3.86. The fraction of sp³-hybridized carbons (Fsp3) is 0.0435. The van der Waals surface area contributed by atoms with Crippen LogP contribution in [0.3, 0.4) is 0 Å². The molecule has 0 bridgehead atoms. The lowest BCUT2D eigenvalue weighted by Crippen LogP contribution is -2.15. The van der Waals surface area contributed by atoms with Gasteiger partial charge in [0, 0.05) is 11.1 Å². The number of esters is 1. The Kier molecular flexibility index (Phi) is 6.21. The number of hydrogen-bond acceptors (Lipinski definition) is 5. The summed E-state index contributed by atoms with van der Waals surface area (Å²) in [6.07, 6.45) is 1.53. The molecule has 0 saturated carbocycles. The topological polar surface area (TPSA) is 68.1 Å². The van der Waals surface area contributed by atoms with Gasteiger partial charge in [0.1, 0.15) is 5.71 Å². The number of Topliss-reactive ketones (excluding diaryl/α,β-unsaturated/α-hetero) is 1. The Morgan fingerprint density at radius 2 is 1.32 bits per heavy atom. The molecule has 0 saturated heterocycles. The van der Waals surface area contributed by atoms with Gasteiger partial charge in [-0.25, -0.2) is 4.79 Å². The zero-order valence-electron chi connectivity index (χ0n) is 15.3. The van der Waals surface area contributed by atoms with Crippen LogP contribution >= 0.6 is 0 Å². The SMILES string of the molecule is COC(=O)c1ccc(C=NN=C(C(=O)c2ccccc2)c2ccccc2)cc1. The van der Waals surface area contributed by atoms with Crippen LogP contribution in [-0.4, -0.2) is 30.8 Å². The maximum atomic E-state index is 12.9. The molecule has 0 spiro atoms. The smallest absolute Gasteiger partial charge is 0.337 e. The number of ether oxygens (including phenoxy) is 1. The molecule has 5 heteroatoms. The molecule has 0 heterocycles. The number of benzene rings is 3. The van der Waals surface area contributed by atoms with E-state index in [1.54, 1.807) is 36.4 Å². The van der Waals surface area contributed by atoms with Crippen molar-refractivity contribution in [2.24, 2.45) is 10.2 Å². The standard InChI is InChI=1S/C23H18N2O3/c1-28-23(27)20-14-12-17(13-15-20)16-24-25-21(18-8-4-2-5-9-18)22(26)19-10-6-3-7-11-19/h2-16H,1H3. The summed E-state index contributed by atoms with van der Waals surface area (Å²) >= 11 is 0. The molecule has 3 rings (SSSR count). The summed E-state index contributed by atoms with van der Waals surface area (Å²) in [6, 6.07) is 24.9. The molecule has 0 aliphatic heterocycles. The van der Waals surface area contributed by atoms with E-state index in [0.717, 1.165) is 5.56 Å². The summed E-state index contributed by atoms with van der Waals surface area (Å²) < 4.78 is 4.67. The van der Waals surface area contributed by atoms with Crippen LogP contribution in [0.5, 0.6) is 0 Å². The average Bonchev–Trinajstić information content (AvgIpc) is 2.77. The predicted octanol–water partition coefficient (Wildman–Crippen LogP) is 4.18. The fourth-order valence-electron chi connectivity index (χ4n) is 2.53. The summed E-state index contributed by atoms with van der Waals surface area (Å²) in [6.45, 7) is 0. The second-order valence-corrected chi connectivity index (χ2v) is 5.87. The van der Waals surface area contributed by atoms with Gasteiger partial charge in [0.05, 0.1) is 18.9 Å². The highest BCUT2D eigenvalue weighted by atomic mass is 16.5. The molecule has 3 aromatic carbocycles. The predicted molar refractivity (Wildman–Crippen MR) is 109 cm³/mol. The summed E-state index contributed by atoms with van der Waals surface area (Å²) in [4.78, 5) is 24.4. The maximum Gasteiger partial charge on any atom is 0.337 e. The highest BCUT2D eigenvalue weighted by Crippen LogP contribution is 2.10. The van der Waals surface area contributed by atoms with Gasteiger partial charge in [0.15, 0.2) is 0 Å². The third-order valence-corrected chi connectivity index (χ3v) is 3.99. The van der Waals surface area contributed by atoms with E-state index in [4.69, 9.17) is 0 Å². The molecule has 3 aromatic rings. The third-order valence-electron chi connectivity index (χ3n) is 3.99. The van der Waals surface area contributed by atoms with Crippen molar-refractivity contribution in [1.82, 2.24) is 0 Å². The van der Waals surface area contributed by atoms with Crippen LogP contribution in [-0.2, 0) is 4.74 Å². The van der Waals surface area contributed by atoms with Crippen molar-refractivity contribution in [3.8, 4) is 0 Å². The number of rotatable bonds is 6. The van der Waals surface area contributed by atoms with Gasteiger partial charge in [-0.2, -0.15) is 5.10 Å². The molecular weight excluding hydrogens is 352 g/mol. The molecule has 0 aromatic heterocycles. The van der Waals surface area contributed by atoms with Crippen molar-refractivity contribution in [1.29, 1.82) is 0 Å². The highest BCUT2D eigenvalue weighted by molar-refractivity contribution is 6.51. The maximum absolute atomic E-state index is 12.9. The zero-order valence-corrected chi connectivity index (χ0v) is 15.3. The van der Waals surface area contributed by atoms with Gasteiger partial charge in [0.2, 0.25) is 5.78 Å². The molecule has 0 fully saturated rings. The Bertz CT molecular complexity index is 1010. The number of carbonyl (C=O) groups excluding carboxylic acids is 2. The van der Waals surface area contributed by atoms with E-state index >= 15 is 0 Å². The molecule has 28 heavy (non-hydrogen) atoms. The van der Waals surface area contributed by atoms with E-state index < -0.39 is 5.97 Å². The quantitative estimate of drug-likeness (QED) is 0.283. The van der Waals surface area contributed by atoms with E-state index in [1.165, 1.54) is 13.3 Å². The number of hydrogen-bond donors (Lipinski definition) is 0. The minimum atomic E-state index is -0.402. The van der Waals surface area contributed by atoms with E-state index in [0.29, 0.717) is 16.7 Å². The van der Waals surface area contributed by atoms with Gasteiger partial charge in [-0.05, 0) is 17.7 Å². The van der Waals surface area contributed by atoms with E-state index in [1.807, 2.05) is 48.5 Å². The lowest BCUT2D eigenvalue weighted by molar-refractivity contribution is 0.0600. The summed E-state index contributed by atoms with van der Waals surface area (Å²) in [5, 5.41) is 8.27. The molecular formula is C23H18N2O3. The number of carbonyl (C=O) groups is 2. The summed E-state index contributed by atoms with van der Waals surface area (Å²) in [5.74, 6) is -0.605. The van der Waals surface area contributed by atoms with Gasteiger partial charge in [-0.3, -0.25) is 4.79 Å². The molecule has 0 aliphatic carbocycles. The Morgan fingerprint density at radius 3 is 1.89 bits per heavy atom. The first-order chi connectivity index (χ1) is 13.7. The summed E-state index contributed by atoms with van der Waals surface area (Å²) in [5.41, 5.74) is 2.69. The van der Waals surface area contributed by atoms with Crippen molar-refractivity contribution in [3.05, 3.63) is 107 Å². The van der Waals surface area contributed by atoms with Crippen LogP contribution < -0.4 is 0 Å². The summed E-state index contributed by atoms with van der Waals surface area (Å²) in [7, 11) is 1.33. The molecule has 0 atom stereocenters. The number of nitrogens with zero attached hydrogens (tertiary/aromatic N) is 2. The van der Waals surface area contributed by atoms with Crippen molar-refractivity contribution in [2.45, 2.75) is 0 Å². The normalized spacial score (nSPS) is 11.4. The van der Waals surface area contributed by atoms with Gasteiger partial charge in [0.25, 0.3) is 0 Å². The Balaban J connectivity index is 1.88. The molecule has 5 nitrogen and oxygen atoms in total. The van der Waals surface area contributed by atoms with Crippen LogP contribution in [0.1, 0.15) is 31.8 Å². The first-order valence-electron chi connectivity index (χ1n) is 8.63. The molecule has 0 N–H and O–H groups in total. The van der Waals surface area contributed by atoms with Crippen molar-refractivity contribution in [2.75, 3.05) is 7.11 Å². The van der Waals surface area contributed by atoms with Crippen LogP contribution in [0.2, 0.25) is 0 Å². The minimum Gasteiger partial charge on any atom is -0.465 e.